The SMILES string of the molecule is C[C@]12CCC(O)CC1CCC1C2CC[C@]2(C)C([O-])CCC12. The molecular formula is C19H31O2-. The van der Waals surface area contributed by atoms with Gasteiger partial charge in [0, 0.05) is 0 Å². The van der Waals surface area contributed by atoms with Crippen LogP contribution in [-0.2, 0) is 0 Å². The second-order valence-corrected chi connectivity index (χ2v) is 9.20. The van der Waals surface area contributed by atoms with Crippen molar-refractivity contribution in [3.8, 4) is 0 Å². The fourth-order valence-corrected chi connectivity index (χ4v) is 7.19. The van der Waals surface area contributed by atoms with E-state index in [1.165, 1.54) is 32.1 Å². The van der Waals surface area contributed by atoms with Gasteiger partial charge in [-0.25, -0.2) is 0 Å². The molecule has 0 saturated heterocycles. The second-order valence-electron chi connectivity index (χ2n) is 9.20. The fourth-order valence-electron chi connectivity index (χ4n) is 7.19. The van der Waals surface area contributed by atoms with Crippen LogP contribution in [0.3, 0.4) is 0 Å². The lowest BCUT2D eigenvalue weighted by molar-refractivity contribution is -0.445. The predicted octanol–water partition coefficient (Wildman–Crippen LogP) is 3.12. The summed E-state index contributed by atoms with van der Waals surface area (Å²) in [5.74, 6) is 3.06. The molecule has 2 heteroatoms. The van der Waals surface area contributed by atoms with Crippen molar-refractivity contribution >= 4 is 0 Å². The highest BCUT2D eigenvalue weighted by Crippen LogP contribution is 2.65. The molecule has 0 aromatic rings. The number of fused-ring (bicyclic) bond motifs is 5. The maximum Gasteiger partial charge on any atom is 0.0543 e. The minimum Gasteiger partial charge on any atom is -0.852 e. The van der Waals surface area contributed by atoms with Crippen LogP contribution in [0.15, 0.2) is 0 Å². The van der Waals surface area contributed by atoms with Crippen molar-refractivity contribution < 1.29 is 10.2 Å². The summed E-state index contributed by atoms with van der Waals surface area (Å²) in [4.78, 5) is 0. The number of hydrogen-bond acceptors (Lipinski definition) is 2. The summed E-state index contributed by atoms with van der Waals surface area (Å²) in [5.41, 5.74) is 0.545. The molecule has 0 heterocycles. The van der Waals surface area contributed by atoms with Crippen molar-refractivity contribution in [3.05, 3.63) is 0 Å². The van der Waals surface area contributed by atoms with E-state index in [1.807, 2.05) is 0 Å². The lowest BCUT2D eigenvalue weighted by Gasteiger charge is -2.61. The van der Waals surface area contributed by atoms with Crippen LogP contribution in [-0.4, -0.2) is 17.3 Å². The van der Waals surface area contributed by atoms with Crippen molar-refractivity contribution in [3.63, 3.8) is 0 Å². The molecule has 0 aliphatic heterocycles. The summed E-state index contributed by atoms with van der Waals surface area (Å²) in [6.07, 6.45) is 10.1. The number of hydrogen-bond donors (Lipinski definition) is 1. The molecule has 8 atom stereocenters. The molecule has 2 nitrogen and oxygen atoms in total. The van der Waals surface area contributed by atoms with Crippen LogP contribution < -0.4 is 5.11 Å². The van der Waals surface area contributed by atoms with Crippen molar-refractivity contribution in [2.45, 2.75) is 83.8 Å². The maximum absolute atomic E-state index is 12.5. The Labute approximate surface area is 129 Å². The zero-order valence-corrected chi connectivity index (χ0v) is 13.7. The lowest BCUT2D eigenvalue weighted by Crippen LogP contribution is -2.55. The van der Waals surface area contributed by atoms with Crippen LogP contribution in [0.2, 0.25) is 0 Å². The molecule has 4 aliphatic rings. The monoisotopic (exact) mass is 291 g/mol. The van der Waals surface area contributed by atoms with E-state index in [0.29, 0.717) is 11.3 Å². The molecule has 4 saturated carbocycles. The Morgan fingerprint density at radius 2 is 1.57 bits per heavy atom. The normalized spacial score (nSPS) is 60.0. The van der Waals surface area contributed by atoms with Crippen molar-refractivity contribution in [2.24, 2.45) is 34.5 Å². The minimum absolute atomic E-state index is 0.0500. The molecule has 6 unspecified atom stereocenters. The highest BCUT2D eigenvalue weighted by Gasteiger charge is 2.58. The molecule has 4 rings (SSSR count). The van der Waals surface area contributed by atoms with Gasteiger partial charge in [-0.3, -0.25) is 0 Å². The number of aliphatic hydroxyl groups is 1. The lowest BCUT2D eigenvalue weighted by atomic mass is 9.45. The van der Waals surface area contributed by atoms with Crippen LogP contribution in [0.25, 0.3) is 0 Å². The van der Waals surface area contributed by atoms with Gasteiger partial charge in [-0.05, 0) is 79.4 Å². The van der Waals surface area contributed by atoms with Gasteiger partial charge in [0.05, 0.1) is 6.10 Å². The van der Waals surface area contributed by atoms with Gasteiger partial charge < -0.3 is 10.2 Å². The summed E-state index contributed by atoms with van der Waals surface area (Å²) < 4.78 is 0. The Morgan fingerprint density at radius 3 is 2.38 bits per heavy atom. The molecule has 0 aromatic carbocycles. The molecule has 0 spiro atoms. The molecule has 4 aliphatic carbocycles. The molecule has 120 valence electrons. The molecule has 1 N–H and O–H groups in total. The van der Waals surface area contributed by atoms with Crippen LogP contribution in [0.1, 0.15) is 71.6 Å². The average molecular weight is 291 g/mol. The van der Waals surface area contributed by atoms with E-state index >= 15 is 0 Å². The average Bonchev–Trinajstić information content (AvgIpc) is 2.76. The zero-order valence-electron chi connectivity index (χ0n) is 13.7. The van der Waals surface area contributed by atoms with Gasteiger partial charge in [0.2, 0.25) is 0 Å². The van der Waals surface area contributed by atoms with E-state index in [2.05, 4.69) is 13.8 Å². The minimum atomic E-state index is -0.304. The number of aliphatic hydroxyl groups excluding tert-OH is 1. The zero-order chi connectivity index (χ0) is 14.8. The summed E-state index contributed by atoms with van der Waals surface area (Å²) in [7, 11) is 0. The Morgan fingerprint density at radius 1 is 0.857 bits per heavy atom. The maximum atomic E-state index is 12.5. The molecule has 0 radical (unpaired) electrons. The Balaban J connectivity index is 1.62. The van der Waals surface area contributed by atoms with Crippen LogP contribution >= 0.6 is 0 Å². The molecule has 0 bridgehead atoms. The smallest absolute Gasteiger partial charge is 0.0543 e. The van der Waals surface area contributed by atoms with Crippen molar-refractivity contribution in [1.82, 2.24) is 0 Å². The molecule has 0 aromatic heterocycles. The topological polar surface area (TPSA) is 43.3 Å². The van der Waals surface area contributed by atoms with Gasteiger partial charge in [-0.15, -0.1) is 6.10 Å². The third kappa shape index (κ3) is 1.91. The summed E-state index contributed by atoms with van der Waals surface area (Å²) in [6, 6.07) is 0. The first-order chi connectivity index (χ1) is 9.95. The van der Waals surface area contributed by atoms with E-state index < -0.39 is 0 Å². The van der Waals surface area contributed by atoms with E-state index in [1.54, 1.807) is 0 Å². The van der Waals surface area contributed by atoms with Crippen LogP contribution in [0, 0.1) is 34.5 Å². The first-order valence-electron chi connectivity index (χ1n) is 9.29. The Hall–Kier alpha value is -0.0800. The fraction of sp³-hybridized carbons (Fsp3) is 1.00. The van der Waals surface area contributed by atoms with Crippen LogP contribution in [0.5, 0.6) is 0 Å². The van der Waals surface area contributed by atoms with Crippen LogP contribution in [0.4, 0.5) is 0 Å². The first kappa shape index (κ1) is 14.5. The highest BCUT2D eigenvalue weighted by molar-refractivity contribution is 5.09. The second kappa shape index (κ2) is 4.71. The summed E-state index contributed by atoms with van der Waals surface area (Å²) in [6.45, 7) is 4.82. The van der Waals surface area contributed by atoms with E-state index in [4.69, 9.17) is 0 Å². The Kier molecular flexibility index (Phi) is 3.25. The van der Waals surface area contributed by atoms with Crippen molar-refractivity contribution in [1.29, 1.82) is 0 Å². The third-order valence-corrected chi connectivity index (χ3v) is 8.55. The third-order valence-electron chi connectivity index (χ3n) is 8.55. The number of rotatable bonds is 0. The summed E-state index contributed by atoms with van der Waals surface area (Å²) >= 11 is 0. The largest absolute Gasteiger partial charge is 0.852 e. The van der Waals surface area contributed by atoms with Gasteiger partial charge in [0.25, 0.3) is 0 Å². The highest BCUT2D eigenvalue weighted by atomic mass is 16.3. The van der Waals surface area contributed by atoms with Gasteiger partial charge in [-0.1, -0.05) is 26.7 Å². The molecule has 4 fully saturated rings. The molecule has 0 amide bonds. The standard InChI is InChI=1S/C19H31O2/c1-18-9-7-13(20)11-12(18)3-4-14-15-5-6-17(21)19(15,2)10-8-16(14)18/h12-17,20H,3-11H2,1-2H3/q-1/t12?,13?,14?,15?,16?,17?,18-,19-/m0/s1. The van der Waals surface area contributed by atoms with E-state index in [-0.39, 0.29) is 17.6 Å². The molecule has 21 heavy (non-hydrogen) atoms. The van der Waals surface area contributed by atoms with Gasteiger partial charge in [-0.2, -0.15) is 0 Å². The summed E-state index contributed by atoms with van der Waals surface area (Å²) in [5, 5.41) is 22.5. The van der Waals surface area contributed by atoms with E-state index in [9.17, 15) is 10.2 Å². The molecular weight excluding hydrogens is 260 g/mol. The predicted molar refractivity (Wildman–Crippen MR) is 81.5 cm³/mol. The quantitative estimate of drug-likeness (QED) is 0.745. The van der Waals surface area contributed by atoms with Gasteiger partial charge in [0.15, 0.2) is 0 Å². The van der Waals surface area contributed by atoms with E-state index in [0.717, 1.165) is 43.4 Å². The van der Waals surface area contributed by atoms with Gasteiger partial charge >= 0.3 is 0 Å². The first-order valence-corrected chi connectivity index (χ1v) is 9.29. The van der Waals surface area contributed by atoms with Gasteiger partial charge in [0.1, 0.15) is 0 Å². The Bertz CT molecular complexity index is 422. The van der Waals surface area contributed by atoms with Crippen molar-refractivity contribution in [2.75, 3.05) is 0 Å².